The standard InChI is InChI=1S/C14H20N2O4/c1-14(19)6-7-16(8-12(14)17)13(18)11-5-3-4-10(15-11)9-20-2/h3-5,12,17,19H,6-9H2,1-2H3/t12-,14+/m0/s1. The third-order valence-electron chi connectivity index (χ3n) is 3.60. The molecule has 2 N–H and O–H groups in total. The molecule has 0 aliphatic carbocycles. The number of rotatable bonds is 3. The van der Waals surface area contributed by atoms with E-state index in [4.69, 9.17) is 4.74 Å². The van der Waals surface area contributed by atoms with Gasteiger partial charge in [0.25, 0.3) is 5.91 Å². The lowest BCUT2D eigenvalue weighted by Crippen LogP contribution is -2.55. The molecule has 0 radical (unpaired) electrons. The second-order valence-electron chi connectivity index (χ2n) is 5.32. The Bertz CT molecular complexity index is 490. The van der Waals surface area contributed by atoms with Gasteiger partial charge in [-0.25, -0.2) is 4.98 Å². The maximum atomic E-state index is 12.3. The summed E-state index contributed by atoms with van der Waals surface area (Å²) in [5.74, 6) is -0.238. The molecule has 110 valence electrons. The van der Waals surface area contributed by atoms with E-state index in [0.29, 0.717) is 31.0 Å². The molecule has 0 aromatic carbocycles. The zero-order chi connectivity index (χ0) is 14.8. The van der Waals surface area contributed by atoms with Crippen LogP contribution in [0.3, 0.4) is 0 Å². The summed E-state index contributed by atoms with van der Waals surface area (Å²) >= 11 is 0. The van der Waals surface area contributed by atoms with Crippen LogP contribution in [0.2, 0.25) is 0 Å². The fraction of sp³-hybridized carbons (Fsp3) is 0.571. The molecule has 1 aromatic heterocycles. The summed E-state index contributed by atoms with van der Waals surface area (Å²) in [5, 5.41) is 19.8. The van der Waals surface area contributed by atoms with Crippen LogP contribution in [0, 0.1) is 0 Å². The van der Waals surface area contributed by atoms with Gasteiger partial charge in [0, 0.05) is 20.2 Å². The fourth-order valence-electron chi connectivity index (χ4n) is 2.20. The minimum Gasteiger partial charge on any atom is -0.388 e. The third-order valence-corrected chi connectivity index (χ3v) is 3.60. The van der Waals surface area contributed by atoms with E-state index in [2.05, 4.69) is 4.98 Å². The van der Waals surface area contributed by atoms with E-state index in [1.165, 1.54) is 4.90 Å². The summed E-state index contributed by atoms with van der Waals surface area (Å²) in [6.45, 7) is 2.44. The molecule has 0 saturated carbocycles. The first kappa shape index (κ1) is 14.9. The molecule has 1 fully saturated rings. The Morgan fingerprint density at radius 1 is 1.60 bits per heavy atom. The molecule has 1 aliphatic heterocycles. The van der Waals surface area contributed by atoms with Gasteiger partial charge >= 0.3 is 0 Å². The molecule has 0 spiro atoms. The van der Waals surface area contributed by atoms with Crippen LogP contribution < -0.4 is 0 Å². The average Bonchev–Trinajstić information content (AvgIpc) is 2.42. The van der Waals surface area contributed by atoms with Gasteiger partial charge in [0.1, 0.15) is 5.69 Å². The number of pyridine rings is 1. The van der Waals surface area contributed by atoms with Gasteiger partial charge in [-0.2, -0.15) is 0 Å². The quantitative estimate of drug-likeness (QED) is 0.825. The Morgan fingerprint density at radius 2 is 2.35 bits per heavy atom. The minimum absolute atomic E-state index is 0.113. The molecule has 20 heavy (non-hydrogen) atoms. The largest absolute Gasteiger partial charge is 0.388 e. The highest BCUT2D eigenvalue weighted by atomic mass is 16.5. The number of ether oxygens (including phenoxy) is 1. The zero-order valence-corrected chi connectivity index (χ0v) is 11.7. The number of nitrogens with zero attached hydrogens (tertiary/aromatic N) is 2. The summed E-state index contributed by atoms with van der Waals surface area (Å²) in [6, 6.07) is 5.18. The number of hydrogen-bond donors (Lipinski definition) is 2. The van der Waals surface area contributed by atoms with Gasteiger partial charge in [-0.3, -0.25) is 4.79 Å². The SMILES string of the molecule is COCc1cccc(C(=O)N2CC[C@@](C)(O)[C@@H](O)C2)n1. The van der Waals surface area contributed by atoms with E-state index < -0.39 is 11.7 Å². The first-order valence-electron chi connectivity index (χ1n) is 6.58. The topological polar surface area (TPSA) is 82.9 Å². The molecule has 2 rings (SSSR count). The van der Waals surface area contributed by atoms with Crippen molar-refractivity contribution in [3.8, 4) is 0 Å². The number of piperidine rings is 1. The van der Waals surface area contributed by atoms with Crippen LogP contribution in [0.25, 0.3) is 0 Å². The van der Waals surface area contributed by atoms with E-state index in [9.17, 15) is 15.0 Å². The van der Waals surface area contributed by atoms with Gasteiger partial charge in [0.15, 0.2) is 0 Å². The number of aromatic nitrogens is 1. The van der Waals surface area contributed by atoms with Crippen molar-refractivity contribution < 1.29 is 19.7 Å². The molecule has 1 aliphatic rings. The van der Waals surface area contributed by atoms with Crippen molar-refractivity contribution in [2.45, 2.75) is 31.7 Å². The lowest BCUT2D eigenvalue weighted by atomic mass is 9.90. The number of amides is 1. The molecule has 1 aromatic rings. The Morgan fingerprint density at radius 3 is 3.00 bits per heavy atom. The van der Waals surface area contributed by atoms with Gasteiger partial charge < -0.3 is 19.8 Å². The Labute approximate surface area is 118 Å². The molecule has 0 bridgehead atoms. The summed E-state index contributed by atoms with van der Waals surface area (Å²) in [7, 11) is 1.57. The van der Waals surface area contributed by atoms with Gasteiger partial charge in [0.2, 0.25) is 0 Å². The van der Waals surface area contributed by atoms with Crippen molar-refractivity contribution in [2.24, 2.45) is 0 Å². The zero-order valence-electron chi connectivity index (χ0n) is 11.7. The summed E-state index contributed by atoms with van der Waals surface area (Å²) in [6.07, 6.45) is -0.597. The van der Waals surface area contributed by atoms with E-state index in [1.807, 2.05) is 0 Å². The molecule has 0 unspecified atom stereocenters. The van der Waals surface area contributed by atoms with Crippen LogP contribution in [-0.4, -0.2) is 57.9 Å². The monoisotopic (exact) mass is 280 g/mol. The highest BCUT2D eigenvalue weighted by molar-refractivity contribution is 5.92. The van der Waals surface area contributed by atoms with Crippen molar-refractivity contribution in [3.63, 3.8) is 0 Å². The second kappa shape index (κ2) is 5.87. The normalized spacial score (nSPS) is 26.6. The lowest BCUT2D eigenvalue weighted by molar-refractivity contribution is -0.1000. The number of aliphatic hydroxyl groups excluding tert-OH is 1. The van der Waals surface area contributed by atoms with Crippen LogP contribution in [0.4, 0.5) is 0 Å². The van der Waals surface area contributed by atoms with E-state index in [-0.39, 0.29) is 12.5 Å². The predicted octanol–water partition coefficient (Wildman–Crippen LogP) is 0.186. The number of carbonyl (C=O) groups is 1. The number of likely N-dealkylation sites (tertiary alicyclic amines) is 1. The third kappa shape index (κ3) is 3.15. The predicted molar refractivity (Wildman–Crippen MR) is 72.1 cm³/mol. The van der Waals surface area contributed by atoms with Crippen LogP contribution in [-0.2, 0) is 11.3 Å². The van der Waals surface area contributed by atoms with Crippen molar-refractivity contribution in [1.29, 1.82) is 0 Å². The van der Waals surface area contributed by atoms with Crippen molar-refractivity contribution in [1.82, 2.24) is 9.88 Å². The smallest absolute Gasteiger partial charge is 0.272 e. The van der Waals surface area contributed by atoms with Crippen LogP contribution in [0.1, 0.15) is 29.5 Å². The van der Waals surface area contributed by atoms with Gasteiger partial charge in [-0.15, -0.1) is 0 Å². The summed E-state index contributed by atoms with van der Waals surface area (Å²) in [5.41, 5.74) is -0.126. The molecular formula is C14H20N2O4. The van der Waals surface area contributed by atoms with Crippen molar-refractivity contribution in [2.75, 3.05) is 20.2 Å². The minimum atomic E-state index is -1.14. The molecular weight excluding hydrogens is 260 g/mol. The van der Waals surface area contributed by atoms with Crippen LogP contribution >= 0.6 is 0 Å². The van der Waals surface area contributed by atoms with Crippen molar-refractivity contribution >= 4 is 5.91 Å². The number of carbonyl (C=O) groups excluding carboxylic acids is 1. The van der Waals surface area contributed by atoms with E-state index >= 15 is 0 Å². The van der Waals surface area contributed by atoms with E-state index in [0.717, 1.165) is 0 Å². The number of methoxy groups -OCH3 is 1. The maximum Gasteiger partial charge on any atom is 0.272 e. The molecule has 2 heterocycles. The molecule has 1 amide bonds. The average molecular weight is 280 g/mol. The Balaban J connectivity index is 2.10. The number of hydrogen-bond acceptors (Lipinski definition) is 5. The lowest BCUT2D eigenvalue weighted by Gasteiger charge is -2.39. The number of β-amino-alcohol motifs (C(OH)–C–C–N with tert-alkyl or cyclic N) is 1. The van der Waals surface area contributed by atoms with E-state index in [1.54, 1.807) is 32.2 Å². The van der Waals surface area contributed by atoms with Crippen LogP contribution in [0.15, 0.2) is 18.2 Å². The van der Waals surface area contributed by atoms with Crippen LogP contribution in [0.5, 0.6) is 0 Å². The molecule has 6 nitrogen and oxygen atoms in total. The Kier molecular flexibility index (Phi) is 4.37. The van der Waals surface area contributed by atoms with Gasteiger partial charge in [-0.05, 0) is 25.5 Å². The highest BCUT2D eigenvalue weighted by Crippen LogP contribution is 2.22. The molecule has 6 heteroatoms. The van der Waals surface area contributed by atoms with Gasteiger partial charge in [-0.1, -0.05) is 6.07 Å². The van der Waals surface area contributed by atoms with Crippen molar-refractivity contribution in [3.05, 3.63) is 29.6 Å². The first-order chi connectivity index (χ1) is 9.44. The highest BCUT2D eigenvalue weighted by Gasteiger charge is 2.38. The summed E-state index contributed by atoms with van der Waals surface area (Å²) < 4.78 is 4.99. The number of aliphatic hydroxyl groups is 2. The molecule has 1 saturated heterocycles. The van der Waals surface area contributed by atoms with Gasteiger partial charge in [0.05, 0.1) is 24.0 Å². The summed E-state index contributed by atoms with van der Waals surface area (Å²) in [4.78, 5) is 18.1. The molecule has 2 atom stereocenters. The first-order valence-corrected chi connectivity index (χ1v) is 6.58. The maximum absolute atomic E-state index is 12.3. The Hall–Kier alpha value is -1.50. The fourth-order valence-corrected chi connectivity index (χ4v) is 2.20. The second-order valence-corrected chi connectivity index (χ2v) is 5.32.